The molecule has 0 saturated carbocycles. The van der Waals surface area contributed by atoms with Crippen molar-refractivity contribution in [2.24, 2.45) is 5.92 Å². The molecular formula is C24H25ClN2O6. The van der Waals surface area contributed by atoms with E-state index in [1.165, 1.54) is 19.2 Å². The number of fused-ring (bicyclic) bond motifs is 1. The summed E-state index contributed by atoms with van der Waals surface area (Å²) in [5, 5.41) is 2.78. The fourth-order valence-electron chi connectivity index (χ4n) is 3.71. The first-order chi connectivity index (χ1) is 15.7. The number of ether oxygens (including phenoxy) is 2. The normalized spacial score (nSPS) is 14.5. The van der Waals surface area contributed by atoms with Gasteiger partial charge in [-0.25, -0.2) is 4.79 Å². The minimum absolute atomic E-state index is 0.0810. The van der Waals surface area contributed by atoms with Gasteiger partial charge in [0.2, 0.25) is 5.91 Å². The number of methoxy groups -OCH3 is 1. The van der Waals surface area contributed by atoms with Crippen molar-refractivity contribution in [3.63, 3.8) is 0 Å². The molecule has 2 aromatic rings. The molecule has 0 spiro atoms. The molecule has 2 unspecified atom stereocenters. The molecule has 0 aromatic heterocycles. The number of esters is 1. The predicted octanol–water partition coefficient (Wildman–Crippen LogP) is 4.17. The summed E-state index contributed by atoms with van der Waals surface area (Å²) >= 11 is 6.33. The SMILES string of the molecule is CCOC(=O)c1cc(Cl)c(NC(=O)C(C(C)CC)N2C(=O)c3ccccc3C2=O)cc1OC. The fourth-order valence-corrected chi connectivity index (χ4v) is 3.92. The minimum atomic E-state index is -1.06. The van der Waals surface area contributed by atoms with Crippen molar-refractivity contribution in [3.05, 3.63) is 58.1 Å². The van der Waals surface area contributed by atoms with Gasteiger partial charge < -0.3 is 14.8 Å². The number of benzene rings is 2. The van der Waals surface area contributed by atoms with Crippen LogP contribution >= 0.6 is 11.6 Å². The van der Waals surface area contributed by atoms with E-state index in [2.05, 4.69) is 5.32 Å². The molecule has 3 rings (SSSR count). The maximum Gasteiger partial charge on any atom is 0.341 e. The molecule has 1 N–H and O–H groups in total. The molecule has 2 aromatic carbocycles. The van der Waals surface area contributed by atoms with E-state index in [1.807, 2.05) is 6.92 Å². The molecule has 0 bridgehead atoms. The second-order valence-electron chi connectivity index (χ2n) is 7.60. The number of amides is 3. The van der Waals surface area contributed by atoms with E-state index in [0.29, 0.717) is 6.42 Å². The quantitative estimate of drug-likeness (QED) is 0.457. The molecule has 8 nitrogen and oxygen atoms in total. The number of hydrogen-bond donors (Lipinski definition) is 1. The van der Waals surface area contributed by atoms with Gasteiger partial charge >= 0.3 is 5.97 Å². The number of hydrogen-bond acceptors (Lipinski definition) is 6. The van der Waals surface area contributed by atoms with E-state index >= 15 is 0 Å². The third-order valence-electron chi connectivity index (χ3n) is 5.60. The van der Waals surface area contributed by atoms with Crippen LogP contribution in [0, 0.1) is 5.92 Å². The molecule has 1 heterocycles. The van der Waals surface area contributed by atoms with Crippen molar-refractivity contribution in [3.8, 4) is 5.75 Å². The van der Waals surface area contributed by atoms with E-state index in [4.69, 9.17) is 21.1 Å². The number of rotatable bonds is 8. The number of imide groups is 1. The van der Waals surface area contributed by atoms with Crippen LogP contribution in [0.5, 0.6) is 5.75 Å². The molecule has 9 heteroatoms. The van der Waals surface area contributed by atoms with Crippen LogP contribution in [0.1, 0.15) is 58.3 Å². The van der Waals surface area contributed by atoms with Crippen molar-refractivity contribution in [1.82, 2.24) is 4.90 Å². The van der Waals surface area contributed by atoms with E-state index < -0.39 is 29.7 Å². The Hall–Kier alpha value is -3.39. The molecule has 3 amide bonds. The summed E-state index contributed by atoms with van der Waals surface area (Å²) < 4.78 is 10.3. The maximum absolute atomic E-state index is 13.4. The Balaban J connectivity index is 1.95. The highest BCUT2D eigenvalue weighted by Gasteiger charge is 2.44. The van der Waals surface area contributed by atoms with Gasteiger partial charge in [-0.05, 0) is 31.0 Å². The zero-order chi connectivity index (χ0) is 24.3. The summed E-state index contributed by atoms with van der Waals surface area (Å²) in [5.74, 6) is -2.39. The summed E-state index contributed by atoms with van der Waals surface area (Å²) in [6, 6.07) is 8.16. The van der Waals surface area contributed by atoms with Crippen molar-refractivity contribution in [1.29, 1.82) is 0 Å². The van der Waals surface area contributed by atoms with Gasteiger partial charge in [0.15, 0.2) is 0 Å². The Kier molecular flexibility index (Phi) is 7.38. The number of nitrogens with one attached hydrogen (secondary N) is 1. The highest BCUT2D eigenvalue weighted by Crippen LogP contribution is 2.33. The molecule has 0 radical (unpaired) electrons. The van der Waals surface area contributed by atoms with E-state index in [-0.39, 0.29) is 45.7 Å². The number of nitrogens with zero attached hydrogens (tertiary/aromatic N) is 1. The Morgan fingerprint density at radius 2 is 1.70 bits per heavy atom. The van der Waals surface area contributed by atoms with Gasteiger partial charge in [0, 0.05) is 6.07 Å². The number of anilines is 1. The van der Waals surface area contributed by atoms with Crippen molar-refractivity contribution in [2.45, 2.75) is 33.2 Å². The Morgan fingerprint density at radius 1 is 1.09 bits per heavy atom. The Morgan fingerprint density at radius 3 is 2.21 bits per heavy atom. The van der Waals surface area contributed by atoms with Crippen LogP contribution in [0.2, 0.25) is 5.02 Å². The molecule has 0 fully saturated rings. The van der Waals surface area contributed by atoms with Crippen LogP contribution in [0.15, 0.2) is 36.4 Å². The summed E-state index contributed by atoms with van der Waals surface area (Å²) in [5.41, 5.74) is 0.821. The lowest BCUT2D eigenvalue weighted by atomic mass is 9.96. The predicted molar refractivity (Wildman–Crippen MR) is 123 cm³/mol. The lowest BCUT2D eigenvalue weighted by molar-refractivity contribution is -0.121. The van der Waals surface area contributed by atoms with Gasteiger partial charge in [0.1, 0.15) is 17.4 Å². The zero-order valence-corrected chi connectivity index (χ0v) is 19.6. The summed E-state index contributed by atoms with van der Waals surface area (Å²) in [4.78, 5) is 52.5. The monoisotopic (exact) mass is 472 g/mol. The van der Waals surface area contributed by atoms with Crippen LogP contribution in [-0.2, 0) is 9.53 Å². The third kappa shape index (κ3) is 4.57. The molecule has 174 valence electrons. The summed E-state index contributed by atoms with van der Waals surface area (Å²) in [6.45, 7) is 5.51. The Bertz CT molecular complexity index is 1080. The second-order valence-corrected chi connectivity index (χ2v) is 8.01. The van der Waals surface area contributed by atoms with Crippen LogP contribution in [-0.4, -0.2) is 48.3 Å². The Labute approximate surface area is 196 Å². The standard InChI is InChI=1S/C24H25ClN2O6/c1-5-13(3)20(27-22(29)14-9-7-8-10-15(14)23(27)30)21(28)26-18-12-19(32-4)16(11-17(18)25)24(31)33-6-2/h7-13,20H,5-6H2,1-4H3,(H,26,28). The highest BCUT2D eigenvalue weighted by atomic mass is 35.5. The molecule has 0 aliphatic carbocycles. The summed E-state index contributed by atoms with van der Waals surface area (Å²) in [6.07, 6.45) is 0.546. The average molecular weight is 473 g/mol. The minimum Gasteiger partial charge on any atom is -0.496 e. The van der Waals surface area contributed by atoms with E-state index in [1.54, 1.807) is 38.1 Å². The lowest BCUT2D eigenvalue weighted by Gasteiger charge is -2.30. The molecule has 1 aliphatic heterocycles. The lowest BCUT2D eigenvalue weighted by Crippen LogP contribution is -2.50. The van der Waals surface area contributed by atoms with Gasteiger partial charge in [-0.3, -0.25) is 19.3 Å². The molecule has 1 aliphatic rings. The van der Waals surface area contributed by atoms with Gasteiger partial charge in [0.05, 0.1) is 35.6 Å². The molecular weight excluding hydrogens is 448 g/mol. The van der Waals surface area contributed by atoms with Crippen molar-refractivity contribution < 1.29 is 28.7 Å². The number of carbonyl (C=O) groups is 4. The van der Waals surface area contributed by atoms with Crippen molar-refractivity contribution in [2.75, 3.05) is 19.0 Å². The second kappa shape index (κ2) is 10.0. The van der Waals surface area contributed by atoms with Gasteiger partial charge in [-0.15, -0.1) is 0 Å². The van der Waals surface area contributed by atoms with E-state index in [9.17, 15) is 19.2 Å². The topological polar surface area (TPSA) is 102 Å². The molecule has 2 atom stereocenters. The van der Waals surface area contributed by atoms with Crippen LogP contribution < -0.4 is 10.1 Å². The van der Waals surface area contributed by atoms with Gasteiger partial charge in [-0.2, -0.15) is 0 Å². The van der Waals surface area contributed by atoms with Gasteiger partial charge in [-0.1, -0.05) is 44.0 Å². The molecule has 0 saturated heterocycles. The van der Waals surface area contributed by atoms with Gasteiger partial charge in [0.25, 0.3) is 11.8 Å². The maximum atomic E-state index is 13.4. The first kappa shape index (κ1) is 24.3. The largest absolute Gasteiger partial charge is 0.496 e. The van der Waals surface area contributed by atoms with Crippen LogP contribution in [0.25, 0.3) is 0 Å². The average Bonchev–Trinajstić information content (AvgIpc) is 3.05. The smallest absolute Gasteiger partial charge is 0.341 e. The highest BCUT2D eigenvalue weighted by molar-refractivity contribution is 6.34. The summed E-state index contributed by atoms with van der Waals surface area (Å²) in [7, 11) is 1.37. The first-order valence-corrected chi connectivity index (χ1v) is 10.9. The number of halogens is 1. The van der Waals surface area contributed by atoms with E-state index in [0.717, 1.165) is 4.90 Å². The zero-order valence-electron chi connectivity index (χ0n) is 18.8. The van der Waals surface area contributed by atoms with Crippen LogP contribution in [0.4, 0.5) is 5.69 Å². The fraction of sp³-hybridized carbons (Fsp3) is 0.333. The number of carbonyl (C=O) groups excluding carboxylic acids is 4. The van der Waals surface area contributed by atoms with Crippen LogP contribution in [0.3, 0.4) is 0 Å². The third-order valence-corrected chi connectivity index (χ3v) is 5.91. The molecule has 33 heavy (non-hydrogen) atoms. The first-order valence-electron chi connectivity index (χ1n) is 10.6. The van der Waals surface area contributed by atoms with Crippen molar-refractivity contribution >= 4 is 41.0 Å².